The topological polar surface area (TPSA) is 61.9 Å². The maximum absolute atomic E-state index is 12.9. The van der Waals surface area contributed by atoms with Gasteiger partial charge in [0.05, 0.1) is 13.2 Å². The molecule has 2 aliphatic rings. The van der Waals surface area contributed by atoms with Gasteiger partial charge in [-0.3, -0.25) is 9.59 Å². The van der Waals surface area contributed by atoms with E-state index in [0.717, 1.165) is 49.7 Å². The Balaban J connectivity index is 1.40. The normalized spacial score (nSPS) is 20.5. The fourth-order valence-corrected chi connectivity index (χ4v) is 3.92. The Labute approximate surface area is 177 Å². The average molecular weight is 408 g/mol. The van der Waals surface area contributed by atoms with E-state index in [0.29, 0.717) is 18.0 Å². The Morgan fingerprint density at radius 3 is 2.43 bits per heavy atom. The van der Waals surface area contributed by atoms with Crippen LogP contribution >= 0.6 is 0 Å². The fourth-order valence-electron chi connectivity index (χ4n) is 3.92. The van der Waals surface area contributed by atoms with Crippen LogP contribution < -0.4 is 10.2 Å². The number of carbonyl (C=O) groups excluding carboxylic acids is 2. The van der Waals surface area contributed by atoms with E-state index in [9.17, 15) is 9.59 Å². The molecule has 1 N–H and O–H groups in total. The summed E-state index contributed by atoms with van der Waals surface area (Å²) in [5.74, 6) is 0.628. The Morgan fingerprint density at radius 1 is 1.10 bits per heavy atom. The summed E-state index contributed by atoms with van der Waals surface area (Å²) in [7, 11) is 1.82. The van der Waals surface area contributed by atoms with Gasteiger partial charge in [0.1, 0.15) is 0 Å². The Morgan fingerprint density at radius 2 is 1.77 bits per heavy atom. The molecule has 0 spiro atoms. The summed E-state index contributed by atoms with van der Waals surface area (Å²) in [5, 5.41) is 2.93. The van der Waals surface area contributed by atoms with Crippen LogP contribution in [0.2, 0.25) is 0 Å². The predicted molar refractivity (Wildman–Crippen MR) is 118 cm³/mol. The lowest BCUT2D eigenvalue weighted by Crippen LogP contribution is -2.37. The Kier molecular flexibility index (Phi) is 6.04. The second kappa shape index (κ2) is 8.88. The van der Waals surface area contributed by atoms with E-state index in [2.05, 4.69) is 29.3 Å². The molecule has 1 aliphatic heterocycles. The maximum Gasteiger partial charge on any atom is 0.253 e. The zero-order valence-corrected chi connectivity index (χ0v) is 17.6. The van der Waals surface area contributed by atoms with E-state index in [-0.39, 0.29) is 17.7 Å². The van der Waals surface area contributed by atoms with Crippen LogP contribution in [0.1, 0.15) is 29.3 Å². The van der Waals surface area contributed by atoms with Crippen LogP contribution in [-0.4, -0.2) is 50.1 Å². The molecule has 2 unspecified atom stereocenters. The van der Waals surface area contributed by atoms with Gasteiger partial charge in [-0.15, -0.1) is 0 Å². The lowest BCUT2D eigenvalue weighted by atomic mass is 10.1. The SMILES string of the molecule is CC1CC1C(=O)Nc1ccc(C(=O)N(C)Cc2ccccc2N2CCOCC2)cc1. The molecule has 0 aromatic heterocycles. The van der Waals surface area contributed by atoms with E-state index in [1.807, 2.05) is 19.2 Å². The average Bonchev–Trinajstić information content (AvgIpc) is 3.51. The minimum atomic E-state index is -0.0412. The van der Waals surface area contributed by atoms with Crippen molar-refractivity contribution in [3.63, 3.8) is 0 Å². The van der Waals surface area contributed by atoms with Crippen LogP contribution in [0.3, 0.4) is 0 Å². The highest BCUT2D eigenvalue weighted by Gasteiger charge is 2.39. The molecule has 4 rings (SSSR count). The van der Waals surface area contributed by atoms with E-state index in [4.69, 9.17) is 4.74 Å². The van der Waals surface area contributed by atoms with Gasteiger partial charge in [-0.25, -0.2) is 0 Å². The number of rotatable bonds is 6. The summed E-state index contributed by atoms with van der Waals surface area (Å²) in [5.41, 5.74) is 3.63. The third-order valence-electron chi connectivity index (χ3n) is 5.94. The molecule has 2 aromatic rings. The molecule has 158 valence electrons. The van der Waals surface area contributed by atoms with E-state index in [1.54, 1.807) is 29.2 Å². The van der Waals surface area contributed by atoms with Crippen molar-refractivity contribution in [2.24, 2.45) is 11.8 Å². The molecule has 0 radical (unpaired) electrons. The van der Waals surface area contributed by atoms with E-state index < -0.39 is 0 Å². The van der Waals surface area contributed by atoms with Gasteiger partial charge in [-0.1, -0.05) is 25.1 Å². The molecule has 1 saturated carbocycles. The van der Waals surface area contributed by atoms with Gasteiger partial charge in [0.25, 0.3) is 5.91 Å². The largest absolute Gasteiger partial charge is 0.378 e. The van der Waals surface area contributed by atoms with Crippen LogP contribution in [0.5, 0.6) is 0 Å². The molecule has 2 aromatic carbocycles. The van der Waals surface area contributed by atoms with Crippen LogP contribution in [0.25, 0.3) is 0 Å². The number of anilines is 2. The minimum Gasteiger partial charge on any atom is -0.378 e. The fraction of sp³-hybridized carbons (Fsp3) is 0.417. The maximum atomic E-state index is 12.9. The van der Waals surface area contributed by atoms with Crippen molar-refractivity contribution < 1.29 is 14.3 Å². The summed E-state index contributed by atoms with van der Waals surface area (Å²) in [4.78, 5) is 29.1. The molecule has 0 bridgehead atoms. The molecule has 6 nitrogen and oxygen atoms in total. The van der Waals surface area contributed by atoms with Crippen LogP contribution in [0, 0.1) is 11.8 Å². The van der Waals surface area contributed by atoms with Crippen molar-refractivity contribution in [2.45, 2.75) is 19.9 Å². The molecular weight excluding hydrogens is 378 g/mol. The highest BCUT2D eigenvalue weighted by molar-refractivity contribution is 5.97. The zero-order valence-electron chi connectivity index (χ0n) is 17.6. The van der Waals surface area contributed by atoms with Gasteiger partial charge in [0.15, 0.2) is 0 Å². The van der Waals surface area contributed by atoms with Gasteiger partial charge in [-0.05, 0) is 48.2 Å². The first kappa shape index (κ1) is 20.4. The van der Waals surface area contributed by atoms with Crippen molar-refractivity contribution in [3.8, 4) is 0 Å². The molecular formula is C24H29N3O3. The summed E-state index contributed by atoms with van der Waals surface area (Å²) < 4.78 is 5.46. The lowest BCUT2D eigenvalue weighted by molar-refractivity contribution is -0.117. The van der Waals surface area contributed by atoms with Gasteiger partial charge >= 0.3 is 0 Å². The van der Waals surface area contributed by atoms with E-state index >= 15 is 0 Å². The number of morpholine rings is 1. The van der Waals surface area contributed by atoms with Crippen molar-refractivity contribution in [1.82, 2.24) is 4.90 Å². The number of hydrogen-bond acceptors (Lipinski definition) is 4. The monoisotopic (exact) mass is 407 g/mol. The van der Waals surface area contributed by atoms with Gasteiger partial charge < -0.3 is 19.9 Å². The first-order valence-corrected chi connectivity index (χ1v) is 10.6. The molecule has 1 heterocycles. The summed E-state index contributed by atoms with van der Waals surface area (Å²) in [6, 6.07) is 15.4. The number of hydrogen-bond donors (Lipinski definition) is 1. The third kappa shape index (κ3) is 4.65. The quantitative estimate of drug-likeness (QED) is 0.797. The number of nitrogens with one attached hydrogen (secondary N) is 1. The third-order valence-corrected chi connectivity index (χ3v) is 5.94. The van der Waals surface area contributed by atoms with Crippen molar-refractivity contribution in [1.29, 1.82) is 0 Å². The zero-order chi connectivity index (χ0) is 21.1. The number of amides is 2. The highest BCUT2D eigenvalue weighted by Crippen LogP contribution is 2.38. The lowest BCUT2D eigenvalue weighted by Gasteiger charge is -2.31. The standard InChI is InChI=1S/C24H29N3O3/c1-17-15-21(17)23(28)25-20-9-7-18(8-10-20)24(29)26(2)16-19-5-3-4-6-22(19)27-11-13-30-14-12-27/h3-10,17,21H,11-16H2,1-2H3,(H,25,28). The van der Waals surface area contributed by atoms with E-state index in [1.165, 1.54) is 0 Å². The van der Waals surface area contributed by atoms with Gasteiger partial charge in [-0.2, -0.15) is 0 Å². The molecule has 6 heteroatoms. The Hall–Kier alpha value is -2.86. The van der Waals surface area contributed by atoms with Crippen molar-refractivity contribution in [3.05, 3.63) is 59.7 Å². The van der Waals surface area contributed by atoms with Crippen molar-refractivity contribution >= 4 is 23.2 Å². The second-order valence-corrected chi connectivity index (χ2v) is 8.28. The highest BCUT2D eigenvalue weighted by atomic mass is 16.5. The number of benzene rings is 2. The van der Waals surface area contributed by atoms with Crippen LogP contribution in [0.15, 0.2) is 48.5 Å². The molecule has 1 saturated heterocycles. The molecule has 2 fully saturated rings. The number of para-hydroxylation sites is 1. The van der Waals surface area contributed by atoms with Gasteiger partial charge in [0, 0.05) is 49.5 Å². The smallest absolute Gasteiger partial charge is 0.253 e. The number of carbonyl (C=O) groups is 2. The van der Waals surface area contributed by atoms with Crippen molar-refractivity contribution in [2.75, 3.05) is 43.6 Å². The second-order valence-electron chi connectivity index (χ2n) is 8.28. The molecule has 1 aliphatic carbocycles. The minimum absolute atomic E-state index is 0.0412. The first-order chi connectivity index (χ1) is 14.5. The van der Waals surface area contributed by atoms with Gasteiger partial charge in [0.2, 0.25) is 5.91 Å². The number of ether oxygens (including phenoxy) is 1. The number of nitrogens with zero attached hydrogens (tertiary/aromatic N) is 2. The Bertz CT molecular complexity index is 906. The first-order valence-electron chi connectivity index (χ1n) is 10.6. The summed E-state index contributed by atoms with van der Waals surface area (Å²) >= 11 is 0. The molecule has 2 amide bonds. The molecule has 30 heavy (non-hydrogen) atoms. The summed E-state index contributed by atoms with van der Waals surface area (Å²) in [6.45, 7) is 5.80. The predicted octanol–water partition coefficient (Wildman–Crippen LogP) is 3.39. The summed E-state index contributed by atoms with van der Waals surface area (Å²) in [6.07, 6.45) is 0.957. The van der Waals surface area contributed by atoms with Crippen LogP contribution in [0.4, 0.5) is 11.4 Å². The molecule has 2 atom stereocenters. The van der Waals surface area contributed by atoms with Crippen LogP contribution in [-0.2, 0) is 16.1 Å².